The minimum absolute atomic E-state index is 0.120. The number of hydrogen-bond acceptors (Lipinski definition) is 8. The zero-order valence-corrected chi connectivity index (χ0v) is 21.6. The van der Waals surface area contributed by atoms with Crippen LogP contribution >= 0.6 is 11.5 Å². The zero-order valence-electron chi connectivity index (χ0n) is 20.8. The van der Waals surface area contributed by atoms with E-state index >= 15 is 0 Å². The smallest absolute Gasteiger partial charge is 0.251 e. The van der Waals surface area contributed by atoms with Crippen molar-refractivity contribution in [3.63, 3.8) is 0 Å². The number of aryl methyl sites for hydroxylation is 1. The first-order valence-corrected chi connectivity index (χ1v) is 13.6. The molecular formula is C25H32F2N6O2S. The van der Waals surface area contributed by atoms with Gasteiger partial charge in [0.1, 0.15) is 17.0 Å². The molecule has 194 valence electrons. The number of alkyl halides is 2. The van der Waals surface area contributed by atoms with Crippen molar-refractivity contribution in [2.75, 3.05) is 49.3 Å². The van der Waals surface area contributed by atoms with E-state index in [0.29, 0.717) is 26.3 Å². The van der Waals surface area contributed by atoms with Crippen LogP contribution in [0.5, 0.6) is 0 Å². The average molecular weight is 519 g/mol. The molecule has 2 atom stereocenters. The van der Waals surface area contributed by atoms with Crippen LogP contribution in [-0.2, 0) is 9.47 Å². The largest absolute Gasteiger partial charge is 0.377 e. The van der Waals surface area contributed by atoms with E-state index in [1.165, 1.54) is 11.5 Å². The maximum absolute atomic E-state index is 14.0. The third kappa shape index (κ3) is 4.45. The first-order chi connectivity index (χ1) is 17.4. The Bertz CT molecular complexity index is 1230. The highest BCUT2D eigenvalue weighted by molar-refractivity contribution is 7.14. The molecule has 0 N–H and O–H groups in total. The number of ether oxygens (including phenoxy) is 2. The van der Waals surface area contributed by atoms with Gasteiger partial charge in [-0.25, -0.2) is 18.4 Å². The molecule has 6 rings (SSSR count). The van der Waals surface area contributed by atoms with Crippen LogP contribution in [0.15, 0.2) is 12.1 Å². The van der Waals surface area contributed by atoms with Crippen molar-refractivity contribution in [3.8, 4) is 11.4 Å². The molecule has 1 unspecified atom stereocenters. The molecule has 0 amide bonds. The third-order valence-electron chi connectivity index (χ3n) is 7.42. The van der Waals surface area contributed by atoms with Crippen LogP contribution in [0.3, 0.4) is 0 Å². The molecule has 3 aromatic rings. The van der Waals surface area contributed by atoms with Gasteiger partial charge in [0.15, 0.2) is 6.23 Å². The minimum Gasteiger partial charge on any atom is -0.377 e. The molecule has 3 aliphatic heterocycles. The summed E-state index contributed by atoms with van der Waals surface area (Å²) in [6.45, 7) is 7.44. The zero-order chi connectivity index (χ0) is 24.9. The summed E-state index contributed by atoms with van der Waals surface area (Å²) in [6, 6.07) is 4.27. The van der Waals surface area contributed by atoms with Crippen LogP contribution in [0, 0.1) is 6.92 Å². The van der Waals surface area contributed by atoms with E-state index in [0.717, 1.165) is 71.2 Å². The Balaban J connectivity index is 1.47. The first-order valence-electron chi connectivity index (χ1n) is 12.9. The number of piperidine rings is 1. The lowest BCUT2D eigenvalue weighted by molar-refractivity contribution is -0.0385. The fraction of sp³-hybridized carbons (Fsp3) is 0.640. The summed E-state index contributed by atoms with van der Waals surface area (Å²) in [5.74, 6) is -1.77. The number of aromatic nitrogens is 4. The third-order valence-corrected chi connectivity index (χ3v) is 8.28. The van der Waals surface area contributed by atoms with Crippen molar-refractivity contribution in [3.05, 3.63) is 17.8 Å². The Labute approximate surface area is 213 Å². The number of fused-ring (bicyclic) bond motifs is 1. The molecule has 3 aromatic heterocycles. The van der Waals surface area contributed by atoms with Gasteiger partial charge in [-0.3, -0.25) is 0 Å². The van der Waals surface area contributed by atoms with Gasteiger partial charge in [-0.15, -0.1) is 0 Å². The molecular weight excluding hydrogens is 486 g/mol. The van der Waals surface area contributed by atoms with Crippen molar-refractivity contribution < 1.29 is 18.3 Å². The van der Waals surface area contributed by atoms with Crippen LogP contribution in [0.25, 0.3) is 21.6 Å². The molecule has 3 fully saturated rings. The molecule has 6 heterocycles. The van der Waals surface area contributed by atoms with Gasteiger partial charge in [0.05, 0.1) is 41.0 Å². The number of pyridine rings is 1. The molecule has 11 heteroatoms. The lowest BCUT2D eigenvalue weighted by Crippen LogP contribution is -2.44. The van der Waals surface area contributed by atoms with Crippen LogP contribution in [0.1, 0.15) is 50.9 Å². The highest BCUT2D eigenvalue weighted by atomic mass is 32.1. The second kappa shape index (κ2) is 9.50. The Morgan fingerprint density at radius 2 is 1.94 bits per heavy atom. The highest BCUT2D eigenvalue weighted by Gasteiger charge is 2.36. The van der Waals surface area contributed by atoms with E-state index in [9.17, 15) is 8.78 Å². The maximum atomic E-state index is 14.0. The van der Waals surface area contributed by atoms with Gasteiger partial charge in [-0.1, -0.05) is 0 Å². The maximum Gasteiger partial charge on any atom is 0.251 e. The summed E-state index contributed by atoms with van der Waals surface area (Å²) in [5, 5.41) is 4.76. The SMILES string of the molecule is Cc1cc(-c2nsc3c(N4CCC(F)(F)CC4)cc(N4CCOC[C@H]4C)nc23)n(C2CCCCO2)n1. The van der Waals surface area contributed by atoms with Crippen molar-refractivity contribution in [1.82, 2.24) is 19.1 Å². The van der Waals surface area contributed by atoms with E-state index in [4.69, 9.17) is 23.9 Å². The number of hydrogen-bond donors (Lipinski definition) is 0. The molecule has 8 nitrogen and oxygen atoms in total. The first kappa shape index (κ1) is 24.0. The van der Waals surface area contributed by atoms with E-state index in [-0.39, 0.29) is 25.1 Å². The van der Waals surface area contributed by atoms with E-state index in [1.54, 1.807) is 0 Å². The predicted molar refractivity (Wildman–Crippen MR) is 136 cm³/mol. The van der Waals surface area contributed by atoms with E-state index in [1.807, 2.05) is 17.7 Å². The standard InChI is InChI=1S/C25H32F2N6O2S/c1-16-13-18(33(29-16)21-5-3-4-11-35-21)22-23-24(36-30-22)19(31-8-6-25(26,27)7-9-31)14-20(28-23)32-10-12-34-15-17(32)2/h13-14,17,21H,3-12,15H2,1-2H3/t17-,21?/m1/s1. The van der Waals surface area contributed by atoms with Gasteiger partial charge < -0.3 is 19.3 Å². The van der Waals surface area contributed by atoms with Gasteiger partial charge >= 0.3 is 0 Å². The number of anilines is 2. The Kier molecular flexibility index (Phi) is 6.33. The lowest BCUT2D eigenvalue weighted by Gasteiger charge is -2.36. The van der Waals surface area contributed by atoms with Crippen molar-refractivity contribution in [2.45, 2.75) is 64.1 Å². The van der Waals surface area contributed by atoms with E-state index < -0.39 is 5.92 Å². The van der Waals surface area contributed by atoms with Crippen molar-refractivity contribution in [1.29, 1.82) is 0 Å². The van der Waals surface area contributed by atoms with E-state index in [2.05, 4.69) is 22.8 Å². The summed E-state index contributed by atoms with van der Waals surface area (Å²) in [4.78, 5) is 9.45. The number of halogens is 2. The second-order valence-electron chi connectivity index (χ2n) is 10.1. The van der Waals surface area contributed by atoms with Gasteiger partial charge in [0.25, 0.3) is 5.92 Å². The topological polar surface area (TPSA) is 68.5 Å². The van der Waals surface area contributed by atoms with Crippen LogP contribution in [0.2, 0.25) is 0 Å². The Morgan fingerprint density at radius 1 is 1.11 bits per heavy atom. The molecule has 0 aliphatic carbocycles. The monoisotopic (exact) mass is 518 g/mol. The minimum atomic E-state index is -2.60. The quantitative estimate of drug-likeness (QED) is 0.480. The Hall–Kier alpha value is -2.37. The summed E-state index contributed by atoms with van der Waals surface area (Å²) >= 11 is 1.38. The average Bonchev–Trinajstić information content (AvgIpc) is 3.47. The van der Waals surface area contributed by atoms with Crippen molar-refractivity contribution >= 4 is 33.3 Å². The van der Waals surface area contributed by atoms with Crippen LogP contribution in [-0.4, -0.2) is 70.6 Å². The van der Waals surface area contributed by atoms with Crippen LogP contribution < -0.4 is 9.80 Å². The predicted octanol–water partition coefficient (Wildman–Crippen LogP) is 5.02. The number of nitrogens with zero attached hydrogens (tertiary/aromatic N) is 6. The molecule has 3 saturated heterocycles. The summed E-state index contributed by atoms with van der Waals surface area (Å²) in [7, 11) is 0. The molecule has 0 bridgehead atoms. The molecule has 36 heavy (non-hydrogen) atoms. The Morgan fingerprint density at radius 3 is 2.69 bits per heavy atom. The summed E-state index contributed by atoms with van der Waals surface area (Å²) in [6.07, 6.45) is 2.67. The van der Waals surface area contributed by atoms with Gasteiger partial charge in [0, 0.05) is 45.1 Å². The second-order valence-corrected chi connectivity index (χ2v) is 10.9. The summed E-state index contributed by atoms with van der Waals surface area (Å²) in [5.41, 5.74) is 4.29. The van der Waals surface area contributed by atoms with Gasteiger partial charge in [-0.2, -0.15) is 9.47 Å². The molecule has 0 saturated carbocycles. The highest BCUT2D eigenvalue weighted by Crippen LogP contribution is 2.42. The van der Waals surface area contributed by atoms with Gasteiger partial charge in [-0.05, 0) is 50.7 Å². The molecule has 0 aromatic carbocycles. The summed E-state index contributed by atoms with van der Waals surface area (Å²) < 4.78 is 47.4. The molecule has 0 radical (unpaired) electrons. The van der Waals surface area contributed by atoms with Crippen molar-refractivity contribution in [2.24, 2.45) is 0 Å². The normalized spacial score (nSPS) is 25.0. The fourth-order valence-corrected chi connectivity index (χ4v) is 6.29. The number of rotatable bonds is 4. The van der Waals surface area contributed by atoms with Crippen LogP contribution in [0.4, 0.5) is 20.3 Å². The number of morpholine rings is 1. The molecule has 3 aliphatic rings. The fourth-order valence-electron chi connectivity index (χ4n) is 5.41. The lowest BCUT2D eigenvalue weighted by atomic mass is 10.1. The molecule has 0 spiro atoms. The van der Waals surface area contributed by atoms with Gasteiger partial charge in [0.2, 0.25) is 0 Å².